The SMILES string of the molecule is COC(=O)C[C@@H]1C[C@@H](COc2ccc(-c3ccc(C(=N)N)cc3)cc2SC)N(CCCc2ccccc2)C1=O.Cl. The zero-order chi connectivity index (χ0) is 27.8. The summed E-state index contributed by atoms with van der Waals surface area (Å²) in [5.41, 5.74) is 9.58. The normalized spacial score (nSPS) is 16.4. The smallest absolute Gasteiger partial charge is 0.306 e. The average Bonchev–Trinajstić information content (AvgIpc) is 3.25. The van der Waals surface area contributed by atoms with Gasteiger partial charge < -0.3 is 20.1 Å². The second-order valence-electron chi connectivity index (χ2n) is 9.66. The molecule has 1 fully saturated rings. The van der Waals surface area contributed by atoms with Crippen molar-refractivity contribution in [1.29, 1.82) is 5.41 Å². The summed E-state index contributed by atoms with van der Waals surface area (Å²) >= 11 is 1.60. The number of carbonyl (C=O) groups excluding carboxylic acids is 2. The van der Waals surface area contributed by atoms with Crippen LogP contribution in [0.15, 0.2) is 77.7 Å². The second-order valence-corrected chi connectivity index (χ2v) is 10.5. The number of likely N-dealkylation sites (tertiary alicyclic amines) is 1. The number of carbonyl (C=O) groups is 2. The van der Waals surface area contributed by atoms with E-state index in [0.717, 1.165) is 34.6 Å². The van der Waals surface area contributed by atoms with Crippen LogP contribution in [0.4, 0.5) is 0 Å². The highest BCUT2D eigenvalue weighted by Gasteiger charge is 2.40. The Morgan fingerprint density at radius 3 is 2.42 bits per heavy atom. The molecule has 212 valence electrons. The van der Waals surface area contributed by atoms with Crippen LogP contribution >= 0.6 is 24.2 Å². The highest BCUT2D eigenvalue weighted by atomic mass is 35.5. The zero-order valence-electron chi connectivity index (χ0n) is 22.8. The molecule has 0 unspecified atom stereocenters. The number of nitrogen functional groups attached to an aromatic ring is 1. The van der Waals surface area contributed by atoms with E-state index in [2.05, 4.69) is 18.2 Å². The van der Waals surface area contributed by atoms with Gasteiger partial charge in [0, 0.05) is 17.0 Å². The molecule has 0 saturated carbocycles. The third-order valence-corrected chi connectivity index (χ3v) is 7.86. The summed E-state index contributed by atoms with van der Waals surface area (Å²) in [5, 5.41) is 7.59. The quantitative estimate of drug-likeness (QED) is 0.125. The van der Waals surface area contributed by atoms with Gasteiger partial charge in [0.05, 0.1) is 25.5 Å². The summed E-state index contributed by atoms with van der Waals surface area (Å²) in [6, 6.07) is 23.8. The minimum atomic E-state index is -0.386. The van der Waals surface area contributed by atoms with Gasteiger partial charge in [-0.15, -0.1) is 24.2 Å². The largest absolute Gasteiger partial charge is 0.490 e. The number of nitrogens with one attached hydrogen (secondary N) is 1. The minimum Gasteiger partial charge on any atom is -0.490 e. The molecule has 4 rings (SSSR count). The lowest BCUT2D eigenvalue weighted by Gasteiger charge is -2.25. The number of hydrogen-bond acceptors (Lipinski definition) is 6. The number of hydrogen-bond donors (Lipinski definition) is 2. The van der Waals surface area contributed by atoms with Crippen molar-refractivity contribution in [3.05, 3.63) is 83.9 Å². The van der Waals surface area contributed by atoms with Crippen molar-refractivity contribution >= 4 is 41.9 Å². The van der Waals surface area contributed by atoms with Gasteiger partial charge in [0.1, 0.15) is 18.2 Å². The van der Waals surface area contributed by atoms with Crippen molar-refractivity contribution < 1.29 is 19.1 Å². The number of esters is 1. The zero-order valence-corrected chi connectivity index (χ0v) is 24.4. The monoisotopic (exact) mass is 581 g/mol. The van der Waals surface area contributed by atoms with Gasteiger partial charge in [-0.25, -0.2) is 0 Å². The van der Waals surface area contributed by atoms with Crippen molar-refractivity contribution in [3.63, 3.8) is 0 Å². The summed E-state index contributed by atoms with van der Waals surface area (Å²) in [4.78, 5) is 28.1. The molecule has 7 nitrogen and oxygen atoms in total. The Kier molecular flexibility index (Phi) is 11.5. The van der Waals surface area contributed by atoms with E-state index < -0.39 is 0 Å². The first-order valence-electron chi connectivity index (χ1n) is 13.1. The molecule has 1 amide bonds. The topological polar surface area (TPSA) is 106 Å². The average molecular weight is 582 g/mol. The number of halogens is 1. The maximum absolute atomic E-state index is 13.2. The first-order chi connectivity index (χ1) is 18.9. The summed E-state index contributed by atoms with van der Waals surface area (Å²) in [5.74, 6) is 0.0542. The van der Waals surface area contributed by atoms with Crippen LogP contribution in [0.5, 0.6) is 5.75 Å². The number of nitrogens with two attached hydrogens (primary N) is 1. The fraction of sp³-hybridized carbons (Fsp3) is 0.323. The van der Waals surface area contributed by atoms with Crippen LogP contribution in [0.1, 0.15) is 30.4 Å². The van der Waals surface area contributed by atoms with Crippen molar-refractivity contribution in [3.8, 4) is 16.9 Å². The number of benzene rings is 3. The Bertz CT molecular complexity index is 1300. The molecular formula is C31H36ClN3O4S. The van der Waals surface area contributed by atoms with Gasteiger partial charge in [-0.1, -0.05) is 60.7 Å². The van der Waals surface area contributed by atoms with Crippen molar-refractivity contribution in [1.82, 2.24) is 4.90 Å². The fourth-order valence-corrected chi connectivity index (χ4v) is 5.54. The third-order valence-electron chi connectivity index (χ3n) is 7.10. The minimum absolute atomic E-state index is 0. The number of ether oxygens (including phenoxy) is 2. The van der Waals surface area contributed by atoms with E-state index in [-0.39, 0.29) is 48.5 Å². The molecule has 1 heterocycles. The molecule has 1 aliphatic heterocycles. The van der Waals surface area contributed by atoms with Crippen LogP contribution < -0.4 is 10.5 Å². The maximum atomic E-state index is 13.2. The first kappa shape index (κ1) is 31.0. The molecule has 40 heavy (non-hydrogen) atoms. The first-order valence-corrected chi connectivity index (χ1v) is 14.3. The Hall–Kier alpha value is -3.49. The fourth-order valence-electron chi connectivity index (χ4n) is 4.97. The molecule has 2 atom stereocenters. The molecule has 0 aromatic heterocycles. The van der Waals surface area contributed by atoms with Crippen molar-refractivity contribution in [2.75, 3.05) is 26.5 Å². The molecule has 3 N–H and O–H groups in total. The van der Waals surface area contributed by atoms with Crippen LogP contribution in [-0.4, -0.2) is 55.2 Å². The highest BCUT2D eigenvalue weighted by molar-refractivity contribution is 7.98. The molecule has 3 aromatic carbocycles. The van der Waals surface area contributed by atoms with Crippen LogP contribution in [0, 0.1) is 11.3 Å². The summed E-state index contributed by atoms with van der Waals surface area (Å²) < 4.78 is 11.1. The standard InChI is InChI=1S/C31H35N3O4S.ClH/c1-37-29(35)19-25-17-26(34(31(25)36)16-6-9-21-7-4-3-5-8-21)20-38-27-15-14-24(18-28(27)39-2)22-10-12-23(13-11-22)30(32)33;/h3-5,7-8,10-15,18,25-26H,6,9,16-17,19-20H2,1-2H3,(H3,32,33);1H/t25-,26-;/m0./s1. The molecule has 3 aromatic rings. The van der Waals surface area contributed by atoms with Crippen molar-refractivity contribution in [2.24, 2.45) is 11.7 Å². The number of rotatable bonds is 12. The Balaban J connectivity index is 0.00000441. The molecular weight excluding hydrogens is 546 g/mol. The number of amides is 1. The number of aryl methyl sites for hydroxylation is 1. The van der Waals surface area contributed by atoms with Crippen LogP contribution in [0.2, 0.25) is 0 Å². The Labute approximate surface area is 246 Å². The maximum Gasteiger partial charge on any atom is 0.306 e. The summed E-state index contributed by atoms with van der Waals surface area (Å²) in [6.45, 7) is 0.971. The molecule has 1 aliphatic rings. The van der Waals surface area contributed by atoms with Crippen LogP contribution in [-0.2, 0) is 20.7 Å². The molecule has 0 bridgehead atoms. The van der Waals surface area contributed by atoms with E-state index in [9.17, 15) is 9.59 Å². The van der Waals surface area contributed by atoms with E-state index in [1.54, 1.807) is 11.8 Å². The van der Waals surface area contributed by atoms with Crippen molar-refractivity contribution in [2.45, 2.75) is 36.6 Å². The van der Waals surface area contributed by atoms with Gasteiger partial charge in [0.25, 0.3) is 0 Å². The number of amidine groups is 1. The van der Waals surface area contributed by atoms with Gasteiger partial charge >= 0.3 is 5.97 Å². The molecule has 1 saturated heterocycles. The van der Waals surface area contributed by atoms with Gasteiger partial charge in [0.15, 0.2) is 0 Å². The van der Waals surface area contributed by atoms with E-state index >= 15 is 0 Å². The van der Waals surface area contributed by atoms with Gasteiger partial charge in [-0.3, -0.25) is 15.0 Å². The predicted molar refractivity (Wildman–Crippen MR) is 162 cm³/mol. The number of thioether (sulfide) groups is 1. The van der Waals surface area contributed by atoms with E-state index in [4.69, 9.17) is 20.6 Å². The van der Waals surface area contributed by atoms with Crippen LogP contribution in [0.3, 0.4) is 0 Å². The third kappa shape index (κ3) is 7.79. The van der Waals surface area contributed by atoms with Gasteiger partial charge in [-0.05, 0) is 54.3 Å². The molecule has 0 radical (unpaired) electrons. The van der Waals surface area contributed by atoms with Gasteiger partial charge in [0.2, 0.25) is 5.91 Å². The van der Waals surface area contributed by atoms with Gasteiger partial charge in [-0.2, -0.15) is 0 Å². The van der Waals surface area contributed by atoms with E-state index in [1.165, 1.54) is 12.7 Å². The lowest BCUT2D eigenvalue weighted by molar-refractivity contribution is -0.144. The Morgan fingerprint density at radius 2 is 1.77 bits per heavy atom. The van der Waals surface area contributed by atoms with E-state index in [1.807, 2.05) is 65.8 Å². The second kappa shape index (κ2) is 14.8. The highest BCUT2D eigenvalue weighted by Crippen LogP contribution is 2.34. The predicted octanol–water partition coefficient (Wildman–Crippen LogP) is 5.57. The molecule has 0 aliphatic carbocycles. The summed E-state index contributed by atoms with van der Waals surface area (Å²) in [6.07, 6.45) is 4.38. The lowest BCUT2D eigenvalue weighted by Crippen LogP contribution is -2.38. The van der Waals surface area contributed by atoms with Crippen LogP contribution in [0.25, 0.3) is 11.1 Å². The number of nitrogens with zero attached hydrogens (tertiary/aromatic N) is 1. The lowest BCUT2D eigenvalue weighted by atomic mass is 10.0. The molecule has 0 spiro atoms. The number of methoxy groups -OCH3 is 1. The summed E-state index contributed by atoms with van der Waals surface area (Å²) in [7, 11) is 1.35. The van der Waals surface area contributed by atoms with E-state index in [0.29, 0.717) is 25.1 Å². The Morgan fingerprint density at radius 1 is 1.07 bits per heavy atom. The molecule has 9 heteroatoms.